The van der Waals surface area contributed by atoms with E-state index in [-0.39, 0.29) is 6.54 Å². The molecule has 0 aliphatic heterocycles. The largest absolute Gasteiger partial charge is 0.497 e. The van der Waals surface area contributed by atoms with Gasteiger partial charge in [-0.3, -0.25) is 4.99 Å². The number of aliphatic hydroxyl groups excluding tert-OH is 1. The molecule has 0 bridgehead atoms. The number of nitrogens with zero attached hydrogens (tertiary/aromatic N) is 4. The van der Waals surface area contributed by atoms with Crippen molar-refractivity contribution in [3.63, 3.8) is 0 Å². The predicted molar refractivity (Wildman–Crippen MR) is 126 cm³/mol. The van der Waals surface area contributed by atoms with Gasteiger partial charge >= 0.3 is 0 Å². The zero-order valence-electron chi connectivity index (χ0n) is 19.0. The van der Waals surface area contributed by atoms with Crippen molar-refractivity contribution in [2.75, 3.05) is 34.4 Å². The van der Waals surface area contributed by atoms with Crippen molar-refractivity contribution in [2.45, 2.75) is 19.6 Å². The standard InChI is InChI=1S/C24H31N5O3/c1-5-25-24(26-15-22(30)21-13-20(31-3)11-12-23(21)32-4)28(2)16-18-14-27-29(17-18)19-9-7-6-8-10-19/h6-14,17,22,30H,5,15-16H2,1-4H3,(H,25,26). The molecule has 0 amide bonds. The predicted octanol–water partition coefficient (Wildman–Crippen LogP) is 3.02. The average Bonchev–Trinajstić information content (AvgIpc) is 3.30. The Hall–Kier alpha value is -3.52. The van der Waals surface area contributed by atoms with E-state index in [9.17, 15) is 5.11 Å². The normalized spacial score (nSPS) is 12.3. The Labute approximate surface area is 189 Å². The van der Waals surface area contributed by atoms with Crippen LogP contribution in [-0.2, 0) is 6.54 Å². The van der Waals surface area contributed by atoms with Crippen LogP contribution in [-0.4, -0.2) is 60.1 Å². The van der Waals surface area contributed by atoms with Crippen molar-refractivity contribution in [1.82, 2.24) is 20.0 Å². The monoisotopic (exact) mass is 437 g/mol. The first-order valence-corrected chi connectivity index (χ1v) is 10.5. The number of hydrogen-bond donors (Lipinski definition) is 2. The molecule has 2 N–H and O–H groups in total. The number of para-hydroxylation sites is 1. The van der Waals surface area contributed by atoms with Crippen molar-refractivity contribution in [2.24, 2.45) is 4.99 Å². The molecular weight excluding hydrogens is 406 g/mol. The van der Waals surface area contributed by atoms with Crippen LogP contribution in [0.2, 0.25) is 0 Å². The maximum Gasteiger partial charge on any atom is 0.194 e. The summed E-state index contributed by atoms with van der Waals surface area (Å²) in [6.45, 7) is 3.53. The van der Waals surface area contributed by atoms with Crippen LogP contribution in [0.25, 0.3) is 5.69 Å². The van der Waals surface area contributed by atoms with E-state index in [0.29, 0.717) is 36.1 Å². The minimum Gasteiger partial charge on any atom is -0.497 e. The van der Waals surface area contributed by atoms with Crippen molar-refractivity contribution >= 4 is 5.96 Å². The fourth-order valence-electron chi connectivity index (χ4n) is 3.35. The Morgan fingerprint density at radius 1 is 1.19 bits per heavy atom. The molecule has 1 atom stereocenters. The Kier molecular flexibility index (Phi) is 8.10. The highest BCUT2D eigenvalue weighted by molar-refractivity contribution is 5.79. The quantitative estimate of drug-likeness (QED) is 0.396. The van der Waals surface area contributed by atoms with E-state index in [4.69, 9.17) is 9.47 Å². The van der Waals surface area contributed by atoms with Gasteiger partial charge in [0.1, 0.15) is 17.6 Å². The van der Waals surface area contributed by atoms with E-state index >= 15 is 0 Å². The second-order valence-electron chi connectivity index (χ2n) is 7.30. The smallest absolute Gasteiger partial charge is 0.194 e. The van der Waals surface area contributed by atoms with Crippen molar-refractivity contribution < 1.29 is 14.6 Å². The molecule has 0 aliphatic rings. The topological polar surface area (TPSA) is 84.1 Å². The number of benzene rings is 2. The third kappa shape index (κ3) is 5.79. The van der Waals surface area contributed by atoms with Crippen LogP contribution in [0, 0.1) is 0 Å². The lowest BCUT2D eigenvalue weighted by atomic mass is 10.1. The summed E-state index contributed by atoms with van der Waals surface area (Å²) in [6.07, 6.45) is 3.02. The molecule has 8 heteroatoms. The Morgan fingerprint density at radius 3 is 2.66 bits per heavy atom. The highest BCUT2D eigenvalue weighted by Gasteiger charge is 2.16. The molecule has 8 nitrogen and oxygen atoms in total. The molecule has 0 saturated carbocycles. The number of hydrogen-bond acceptors (Lipinski definition) is 5. The summed E-state index contributed by atoms with van der Waals surface area (Å²) < 4.78 is 12.5. The van der Waals surface area contributed by atoms with Gasteiger partial charge in [-0.1, -0.05) is 18.2 Å². The molecule has 0 fully saturated rings. The number of methoxy groups -OCH3 is 2. The summed E-state index contributed by atoms with van der Waals surface area (Å²) in [5.74, 6) is 1.95. The SMILES string of the molecule is CCNC(=NCC(O)c1cc(OC)ccc1OC)N(C)Cc1cnn(-c2ccccc2)c1. The molecule has 2 aromatic carbocycles. The van der Waals surface area contributed by atoms with E-state index in [1.807, 2.05) is 66.3 Å². The molecule has 1 aromatic heterocycles. The first-order chi connectivity index (χ1) is 15.5. The summed E-state index contributed by atoms with van der Waals surface area (Å²) in [6, 6.07) is 15.3. The minimum atomic E-state index is -0.831. The minimum absolute atomic E-state index is 0.180. The molecule has 32 heavy (non-hydrogen) atoms. The Morgan fingerprint density at radius 2 is 1.97 bits per heavy atom. The summed E-state index contributed by atoms with van der Waals surface area (Å²) in [7, 11) is 5.13. The van der Waals surface area contributed by atoms with Crippen LogP contribution >= 0.6 is 0 Å². The summed E-state index contributed by atoms with van der Waals surface area (Å²) >= 11 is 0. The number of ether oxygens (including phenoxy) is 2. The summed E-state index contributed by atoms with van der Waals surface area (Å²) in [5.41, 5.74) is 2.70. The Bertz CT molecular complexity index is 1020. The summed E-state index contributed by atoms with van der Waals surface area (Å²) in [5, 5.41) is 18.5. The van der Waals surface area contributed by atoms with E-state index in [0.717, 1.165) is 11.3 Å². The first-order valence-electron chi connectivity index (χ1n) is 10.5. The first kappa shape index (κ1) is 23.1. The van der Waals surface area contributed by atoms with Crippen LogP contribution in [0.5, 0.6) is 11.5 Å². The number of guanidine groups is 1. The van der Waals surface area contributed by atoms with Crippen LogP contribution in [0.15, 0.2) is 65.9 Å². The van der Waals surface area contributed by atoms with Gasteiger partial charge < -0.3 is 24.8 Å². The molecule has 3 rings (SSSR count). The van der Waals surface area contributed by atoms with E-state index in [2.05, 4.69) is 15.4 Å². The number of rotatable bonds is 9. The third-order valence-electron chi connectivity index (χ3n) is 4.98. The van der Waals surface area contributed by atoms with Gasteiger partial charge in [0.2, 0.25) is 0 Å². The molecule has 0 saturated heterocycles. The van der Waals surface area contributed by atoms with Crippen LogP contribution in [0.1, 0.15) is 24.2 Å². The maximum atomic E-state index is 10.8. The third-order valence-corrected chi connectivity index (χ3v) is 4.98. The lowest BCUT2D eigenvalue weighted by Crippen LogP contribution is -2.38. The molecular formula is C24H31N5O3. The molecule has 0 radical (unpaired) electrons. The average molecular weight is 438 g/mol. The molecule has 170 valence electrons. The fourth-order valence-corrected chi connectivity index (χ4v) is 3.35. The highest BCUT2D eigenvalue weighted by atomic mass is 16.5. The molecule has 3 aromatic rings. The Balaban J connectivity index is 1.71. The second-order valence-corrected chi connectivity index (χ2v) is 7.30. The van der Waals surface area contributed by atoms with Crippen LogP contribution < -0.4 is 14.8 Å². The summed E-state index contributed by atoms with van der Waals surface area (Å²) in [4.78, 5) is 6.64. The number of aromatic nitrogens is 2. The zero-order chi connectivity index (χ0) is 22.9. The van der Waals surface area contributed by atoms with Crippen molar-refractivity contribution in [3.8, 4) is 17.2 Å². The van der Waals surface area contributed by atoms with Gasteiger partial charge in [-0.2, -0.15) is 5.10 Å². The van der Waals surface area contributed by atoms with E-state index < -0.39 is 6.10 Å². The van der Waals surface area contributed by atoms with Crippen LogP contribution in [0.4, 0.5) is 0 Å². The number of aliphatic hydroxyl groups is 1. The number of nitrogens with one attached hydrogen (secondary N) is 1. The lowest BCUT2D eigenvalue weighted by Gasteiger charge is -2.22. The second kappa shape index (κ2) is 11.2. The van der Waals surface area contributed by atoms with Crippen molar-refractivity contribution in [1.29, 1.82) is 0 Å². The van der Waals surface area contributed by atoms with Gasteiger partial charge in [-0.05, 0) is 37.3 Å². The molecule has 0 spiro atoms. The highest BCUT2D eigenvalue weighted by Crippen LogP contribution is 2.29. The van der Waals surface area contributed by atoms with Gasteiger partial charge in [-0.15, -0.1) is 0 Å². The lowest BCUT2D eigenvalue weighted by molar-refractivity contribution is 0.181. The van der Waals surface area contributed by atoms with Gasteiger partial charge in [-0.25, -0.2) is 4.68 Å². The molecule has 1 unspecified atom stereocenters. The number of aliphatic imine (C=N–C) groups is 1. The van der Waals surface area contributed by atoms with Gasteiger partial charge in [0.25, 0.3) is 0 Å². The fraction of sp³-hybridized carbons (Fsp3) is 0.333. The maximum absolute atomic E-state index is 10.8. The van der Waals surface area contributed by atoms with Gasteiger partial charge in [0.05, 0.1) is 32.6 Å². The van der Waals surface area contributed by atoms with E-state index in [1.165, 1.54) is 0 Å². The van der Waals surface area contributed by atoms with Crippen molar-refractivity contribution in [3.05, 3.63) is 72.1 Å². The van der Waals surface area contributed by atoms with E-state index in [1.54, 1.807) is 32.4 Å². The molecule has 1 heterocycles. The van der Waals surface area contributed by atoms with Gasteiger partial charge in [0.15, 0.2) is 5.96 Å². The van der Waals surface area contributed by atoms with Gasteiger partial charge in [0, 0.05) is 37.5 Å². The zero-order valence-corrected chi connectivity index (χ0v) is 19.0. The molecule has 0 aliphatic carbocycles. The van der Waals surface area contributed by atoms with Crippen LogP contribution in [0.3, 0.4) is 0 Å².